The van der Waals surface area contributed by atoms with Crippen LogP contribution in [0.3, 0.4) is 0 Å². The van der Waals surface area contributed by atoms with Crippen LogP contribution in [-0.2, 0) is 6.42 Å². The summed E-state index contributed by atoms with van der Waals surface area (Å²) in [4.78, 5) is 0. The third kappa shape index (κ3) is 1.64. The number of hydrogen-bond acceptors (Lipinski definition) is 3. The zero-order chi connectivity index (χ0) is 9.14. The van der Waals surface area contributed by atoms with E-state index in [0.717, 1.165) is 12.1 Å². The number of nitrogens with zero attached hydrogens (tertiary/aromatic N) is 3. The van der Waals surface area contributed by atoms with E-state index < -0.39 is 6.23 Å². The molecule has 0 fully saturated rings. The van der Waals surface area contributed by atoms with Crippen LogP contribution in [0, 0.1) is 5.92 Å². The normalized spacial score (nSPS) is 13.8. The first kappa shape index (κ1) is 9.19. The van der Waals surface area contributed by atoms with Crippen LogP contribution >= 0.6 is 0 Å². The van der Waals surface area contributed by atoms with Crippen molar-refractivity contribution in [3.8, 4) is 0 Å². The fraction of sp³-hybridized carbons (Fsp3) is 0.750. The summed E-state index contributed by atoms with van der Waals surface area (Å²) < 4.78 is 1.57. The van der Waals surface area contributed by atoms with Crippen molar-refractivity contribution in [2.45, 2.75) is 33.4 Å². The zero-order valence-electron chi connectivity index (χ0n) is 7.73. The summed E-state index contributed by atoms with van der Waals surface area (Å²) in [6.07, 6.45) is 1.98. The average Bonchev–Trinajstić information content (AvgIpc) is 2.49. The Bertz CT molecular complexity index is 244. The average molecular weight is 169 g/mol. The quantitative estimate of drug-likeness (QED) is 0.734. The van der Waals surface area contributed by atoms with Crippen LogP contribution in [0.1, 0.15) is 32.7 Å². The van der Waals surface area contributed by atoms with Gasteiger partial charge in [-0.2, -0.15) is 0 Å². The molecule has 0 aromatic carbocycles. The molecule has 0 amide bonds. The van der Waals surface area contributed by atoms with Crippen LogP contribution in [0.4, 0.5) is 0 Å². The van der Waals surface area contributed by atoms with Crippen LogP contribution in [-0.4, -0.2) is 20.1 Å². The lowest BCUT2D eigenvalue weighted by atomic mass is 10.2. The monoisotopic (exact) mass is 169 g/mol. The summed E-state index contributed by atoms with van der Waals surface area (Å²) in [5.74, 6) is 0.164. The fourth-order valence-corrected chi connectivity index (χ4v) is 1.02. The van der Waals surface area contributed by atoms with Crippen LogP contribution in [0.25, 0.3) is 0 Å². The van der Waals surface area contributed by atoms with E-state index in [4.69, 9.17) is 0 Å². The van der Waals surface area contributed by atoms with Gasteiger partial charge in [-0.05, 0) is 12.3 Å². The van der Waals surface area contributed by atoms with E-state index in [0.29, 0.717) is 0 Å². The second kappa shape index (κ2) is 3.67. The Labute approximate surface area is 72.2 Å². The molecule has 0 bridgehead atoms. The van der Waals surface area contributed by atoms with Gasteiger partial charge in [-0.25, -0.2) is 4.68 Å². The van der Waals surface area contributed by atoms with Crippen molar-refractivity contribution in [3.05, 3.63) is 11.9 Å². The molecule has 4 nitrogen and oxygen atoms in total. The Hall–Kier alpha value is -0.900. The molecule has 0 saturated heterocycles. The Morgan fingerprint density at radius 2 is 2.25 bits per heavy atom. The second-order valence-corrected chi connectivity index (χ2v) is 3.18. The molecule has 1 rings (SSSR count). The Balaban J connectivity index is 2.86. The smallest absolute Gasteiger partial charge is 0.151 e. The van der Waals surface area contributed by atoms with Crippen molar-refractivity contribution in [3.63, 3.8) is 0 Å². The summed E-state index contributed by atoms with van der Waals surface area (Å²) in [7, 11) is 0. The predicted octanol–water partition coefficient (Wildman–Crippen LogP) is 0.987. The predicted molar refractivity (Wildman–Crippen MR) is 45.5 cm³/mol. The van der Waals surface area contributed by atoms with Gasteiger partial charge in [-0.15, -0.1) is 5.10 Å². The minimum absolute atomic E-state index is 0.164. The second-order valence-electron chi connectivity index (χ2n) is 3.18. The SMILES string of the molecule is CCc1cnnn1C(O)C(C)C. The van der Waals surface area contributed by atoms with Gasteiger partial charge in [0, 0.05) is 0 Å². The standard InChI is InChI=1S/C8H15N3O/c1-4-7-5-9-10-11(7)8(12)6(2)3/h5-6,8,12H,4H2,1-3H3. The summed E-state index contributed by atoms with van der Waals surface area (Å²) in [6, 6.07) is 0. The molecule has 1 aromatic heterocycles. The van der Waals surface area contributed by atoms with Gasteiger partial charge in [0.15, 0.2) is 6.23 Å². The van der Waals surface area contributed by atoms with Gasteiger partial charge in [-0.3, -0.25) is 0 Å². The van der Waals surface area contributed by atoms with Crippen molar-refractivity contribution in [1.82, 2.24) is 15.0 Å². The lowest BCUT2D eigenvalue weighted by Gasteiger charge is -2.15. The molecule has 1 N–H and O–H groups in total. The molecule has 4 heteroatoms. The first-order valence-corrected chi connectivity index (χ1v) is 4.24. The highest BCUT2D eigenvalue weighted by Gasteiger charge is 2.14. The third-order valence-corrected chi connectivity index (χ3v) is 1.86. The molecule has 0 aliphatic carbocycles. The largest absolute Gasteiger partial charge is 0.371 e. The number of hydrogen-bond donors (Lipinski definition) is 1. The molecular formula is C8H15N3O. The molecular weight excluding hydrogens is 154 g/mol. The first-order valence-electron chi connectivity index (χ1n) is 4.24. The van der Waals surface area contributed by atoms with Gasteiger partial charge in [-0.1, -0.05) is 26.0 Å². The topological polar surface area (TPSA) is 50.9 Å². The third-order valence-electron chi connectivity index (χ3n) is 1.86. The van der Waals surface area contributed by atoms with Crippen LogP contribution in [0.5, 0.6) is 0 Å². The highest BCUT2D eigenvalue weighted by molar-refractivity contribution is 4.93. The molecule has 12 heavy (non-hydrogen) atoms. The molecule has 0 spiro atoms. The number of aryl methyl sites for hydroxylation is 1. The summed E-state index contributed by atoms with van der Waals surface area (Å²) >= 11 is 0. The van der Waals surface area contributed by atoms with Gasteiger partial charge < -0.3 is 5.11 Å². The van der Waals surface area contributed by atoms with E-state index in [1.165, 1.54) is 0 Å². The van der Waals surface area contributed by atoms with Crippen molar-refractivity contribution >= 4 is 0 Å². The number of aliphatic hydroxyl groups excluding tert-OH is 1. The summed E-state index contributed by atoms with van der Waals surface area (Å²) in [6.45, 7) is 5.92. The number of aliphatic hydroxyl groups is 1. The van der Waals surface area contributed by atoms with Gasteiger partial charge in [0.05, 0.1) is 11.9 Å². The minimum Gasteiger partial charge on any atom is -0.371 e. The lowest BCUT2D eigenvalue weighted by molar-refractivity contribution is 0.0406. The van der Waals surface area contributed by atoms with E-state index in [1.807, 2.05) is 20.8 Å². The first-order chi connectivity index (χ1) is 5.66. The van der Waals surface area contributed by atoms with E-state index in [9.17, 15) is 5.11 Å². The molecule has 1 unspecified atom stereocenters. The molecule has 1 heterocycles. The van der Waals surface area contributed by atoms with Crippen LogP contribution in [0.15, 0.2) is 6.20 Å². The van der Waals surface area contributed by atoms with Crippen molar-refractivity contribution in [1.29, 1.82) is 0 Å². The fourth-order valence-electron chi connectivity index (χ4n) is 1.02. The summed E-state index contributed by atoms with van der Waals surface area (Å²) in [5, 5.41) is 17.2. The van der Waals surface area contributed by atoms with Crippen molar-refractivity contribution < 1.29 is 5.11 Å². The van der Waals surface area contributed by atoms with E-state index >= 15 is 0 Å². The highest BCUT2D eigenvalue weighted by Crippen LogP contribution is 2.14. The Morgan fingerprint density at radius 1 is 1.58 bits per heavy atom. The number of rotatable bonds is 3. The maximum absolute atomic E-state index is 9.66. The Kier molecular flexibility index (Phi) is 2.81. The van der Waals surface area contributed by atoms with Gasteiger partial charge in [0.1, 0.15) is 0 Å². The maximum Gasteiger partial charge on any atom is 0.151 e. The van der Waals surface area contributed by atoms with Gasteiger partial charge >= 0.3 is 0 Å². The molecule has 1 atom stereocenters. The molecule has 0 aliphatic heterocycles. The van der Waals surface area contributed by atoms with E-state index in [2.05, 4.69) is 10.3 Å². The van der Waals surface area contributed by atoms with Gasteiger partial charge in [0.25, 0.3) is 0 Å². The lowest BCUT2D eigenvalue weighted by Crippen LogP contribution is -2.18. The molecule has 0 aliphatic rings. The van der Waals surface area contributed by atoms with Crippen LogP contribution in [0.2, 0.25) is 0 Å². The summed E-state index contributed by atoms with van der Waals surface area (Å²) in [5.41, 5.74) is 0.969. The van der Waals surface area contributed by atoms with Crippen LogP contribution < -0.4 is 0 Å². The zero-order valence-corrected chi connectivity index (χ0v) is 7.73. The van der Waals surface area contributed by atoms with Crippen molar-refractivity contribution in [2.75, 3.05) is 0 Å². The molecule has 0 radical (unpaired) electrons. The molecule has 1 aromatic rings. The van der Waals surface area contributed by atoms with E-state index in [1.54, 1.807) is 10.9 Å². The number of aromatic nitrogens is 3. The highest BCUT2D eigenvalue weighted by atomic mass is 16.3. The molecule has 68 valence electrons. The van der Waals surface area contributed by atoms with Gasteiger partial charge in [0.2, 0.25) is 0 Å². The maximum atomic E-state index is 9.66. The molecule has 0 saturated carbocycles. The minimum atomic E-state index is -0.553. The van der Waals surface area contributed by atoms with E-state index in [-0.39, 0.29) is 5.92 Å². The van der Waals surface area contributed by atoms with Crippen molar-refractivity contribution in [2.24, 2.45) is 5.92 Å². The Morgan fingerprint density at radius 3 is 2.75 bits per heavy atom.